The predicted molar refractivity (Wildman–Crippen MR) is 68.2 cm³/mol. The van der Waals surface area contributed by atoms with Crippen LogP contribution >= 0.6 is 0 Å². The van der Waals surface area contributed by atoms with E-state index in [1.54, 1.807) is 12.4 Å². The number of hydrogen-bond acceptors (Lipinski definition) is 7. The van der Waals surface area contributed by atoms with Gasteiger partial charge in [0.15, 0.2) is 0 Å². The fraction of sp³-hybridized carbons (Fsp3) is 0. The molecule has 0 unspecified atom stereocenters. The van der Waals surface area contributed by atoms with Crippen molar-refractivity contribution in [3.8, 4) is 0 Å². The third-order valence-electron chi connectivity index (χ3n) is 2.34. The van der Waals surface area contributed by atoms with Crippen LogP contribution in [-0.4, -0.2) is 31.0 Å². The Hall–Kier alpha value is -1.74. The first-order chi connectivity index (χ1) is 9.95. The van der Waals surface area contributed by atoms with Gasteiger partial charge in [0.1, 0.15) is 0 Å². The Balaban J connectivity index is 0.000000538. The molecular formula is C12H12N2O5V. The first kappa shape index (κ1) is 18.3. The molecule has 0 aliphatic rings. The van der Waals surface area contributed by atoms with Crippen molar-refractivity contribution < 1.29 is 42.1 Å². The summed E-state index contributed by atoms with van der Waals surface area (Å²) in [5, 5.41) is 26.3. The molecular weight excluding hydrogens is 303 g/mol. The van der Waals surface area contributed by atoms with Crippen molar-refractivity contribution >= 4 is 21.8 Å². The molecule has 7 nitrogen and oxygen atoms in total. The molecule has 0 aliphatic carbocycles. The van der Waals surface area contributed by atoms with Gasteiger partial charge in [-0.15, -0.1) is 0 Å². The monoisotopic (exact) mass is 315 g/mol. The molecule has 0 amide bonds. The minimum atomic E-state index is 0.977. The fourth-order valence-electron chi connectivity index (χ4n) is 1.68. The van der Waals surface area contributed by atoms with Crippen LogP contribution in [0, 0.1) is 0 Å². The second kappa shape index (κ2) is 11.1. The smallest absolute Gasteiger partial charge is 0.0964 e. The summed E-state index contributed by atoms with van der Waals surface area (Å²) in [6.07, 6.45) is 3.60. The molecule has 0 spiro atoms. The van der Waals surface area contributed by atoms with E-state index in [9.17, 15) is 0 Å². The molecule has 4 N–H and O–H groups in total. The number of hydrogen-bond donors (Lipinski definition) is 4. The minimum absolute atomic E-state index is 0.977. The molecule has 20 heavy (non-hydrogen) atoms. The van der Waals surface area contributed by atoms with Gasteiger partial charge < -0.3 is 0 Å². The van der Waals surface area contributed by atoms with Crippen molar-refractivity contribution in [1.82, 2.24) is 9.97 Å². The van der Waals surface area contributed by atoms with Gasteiger partial charge in [-0.3, -0.25) is 31.0 Å². The molecule has 0 fully saturated rings. The van der Waals surface area contributed by atoms with Crippen LogP contribution in [0.5, 0.6) is 0 Å². The Morgan fingerprint density at radius 3 is 1.40 bits per heavy atom. The standard InChI is InChI=1S/C12H8N2.2H2O2.O.V/c1-3-9-5-6-10-4-2-8-14-12(10)11(9)13-7-1;2*1-2;;/h1-8H;2*1-2H;;. The fourth-order valence-corrected chi connectivity index (χ4v) is 1.68. The van der Waals surface area contributed by atoms with E-state index in [1.165, 1.54) is 0 Å². The zero-order valence-corrected chi connectivity index (χ0v) is 11.6. The average molecular weight is 315 g/mol. The Bertz CT molecular complexity index is 583. The van der Waals surface area contributed by atoms with Gasteiger partial charge in [0.05, 0.1) is 11.0 Å². The van der Waals surface area contributed by atoms with Crippen LogP contribution < -0.4 is 0 Å². The third kappa shape index (κ3) is 4.43. The molecule has 0 atom stereocenters. The molecule has 105 valence electrons. The zero-order chi connectivity index (χ0) is 15.4. The number of benzene rings is 1. The van der Waals surface area contributed by atoms with Gasteiger partial charge in [-0.1, -0.05) is 24.3 Å². The first-order valence-electron chi connectivity index (χ1n) is 5.12. The van der Waals surface area contributed by atoms with E-state index < -0.39 is 0 Å². The van der Waals surface area contributed by atoms with Crippen LogP contribution in [0.1, 0.15) is 0 Å². The maximum Gasteiger partial charge on any atom is 0.0964 e. The minimum Gasteiger partial charge on any atom is -0.254 e. The van der Waals surface area contributed by atoms with Crippen LogP contribution in [0.15, 0.2) is 48.8 Å². The molecule has 0 bridgehead atoms. The SMILES string of the molecule is OO.OO.[O]=[V].c1cnc2c(c1)ccc1cccnc12. The van der Waals surface area contributed by atoms with Crippen LogP contribution in [-0.2, 0) is 21.0 Å². The van der Waals surface area contributed by atoms with Crippen molar-refractivity contribution in [3.63, 3.8) is 0 Å². The van der Waals surface area contributed by atoms with E-state index in [4.69, 9.17) is 24.7 Å². The zero-order valence-electron chi connectivity index (χ0n) is 10.2. The second-order valence-corrected chi connectivity index (χ2v) is 3.22. The molecule has 1 aromatic carbocycles. The normalized spacial score (nSPS) is 8.35. The van der Waals surface area contributed by atoms with Gasteiger partial charge >= 0.3 is 21.0 Å². The molecule has 0 aliphatic heterocycles. The third-order valence-corrected chi connectivity index (χ3v) is 2.34. The van der Waals surface area contributed by atoms with Crippen LogP contribution in [0.3, 0.4) is 0 Å². The Morgan fingerprint density at radius 2 is 1.05 bits per heavy atom. The number of nitrogens with zero attached hydrogens (tertiary/aromatic N) is 2. The molecule has 0 saturated heterocycles. The first-order valence-corrected chi connectivity index (χ1v) is 5.69. The van der Waals surface area contributed by atoms with E-state index in [2.05, 4.69) is 34.2 Å². The van der Waals surface area contributed by atoms with Crippen molar-refractivity contribution in [1.29, 1.82) is 0 Å². The number of fused-ring (bicyclic) bond motifs is 3. The van der Waals surface area contributed by atoms with E-state index in [-0.39, 0.29) is 0 Å². The largest absolute Gasteiger partial charge is 0.254 e. The van der Waals surface area contributed by atoms with Crippen molar-refractivity contribution in [2.24, 2.45) is 0 Å². The summed E-state index contributed by atoms with van der Waals surface area (Å²) < 4.78 is 8.19. The molecule has 8 heteroatoms. The molecule has 0 saturated carbocycles. The van der Waals surface area contributed by atoms with E-state index in [1.807, 2.05) is 12.1 Å². The summed E-state index contributed by atoms with van der Waals surface area (Å²) in [5.74, 6) is 0. The van der Waals surface area contributed by atoms with Crippen molar-refractivity contribution in [2.75, 3.05) is 0 Å². The summed E-state index contributed by atoms with van der Waals surface area (Å²) in [6.45, 7) is 0. The van der Waals surface area contributed by atoms with Gasteiger partial charge in [0.2, 0.25) is 0 Å². The van der Waals surface area contributed by atoms with E-state index >= 15 is 0 Å². The van der Waals surface area contributed by atoms with Gasteiger partial charge in [-0.2, -0.15) is 0 Å². The van der Waals surface area contributed by atoms with Gasteiger partial charge in [0.25, 0.3) is 0 Å². The molecule has 3 rings (SSSR count). The maximum absolute atomic E-state index is 8.19. The average Bonchev–Trinajstić information content (AvgIpc) is 2.60. The summed E-state index contributed by atoms with van der Waals surface area (Å²) in [7, 11) is 0. The van der Waals surface area contributed by atoms with E-state index in [0.29, 0.717) is 0 Å². The van der Waals surface area contributed by atoms with Crippen molar-refractivity contribution in [2.45, 2.75) is 0 Å². The second-order valence-electron chi connectivity index (χ2n) is 3.22. The van der Waals surface area contributed by atoms with Crippen LogP contribution in [0.2, 0.25) is 0 Å². The van der Waals surface area contributed by atoms with E-state index in [0.717, 1.165) is 39.2 Å². The Morgan fingerprint density at radius 1 is 0.700 bits per heavy atom. The topological polar surface area (TPSA) is 124 Å². The maximum atomic E-state index is 8.19. The molecule has 3 aromatic rings. The van der Waals surface area contributed by atoms with Crippen molar-refractivity contribution in [3.05, 3.63) is 48.8 Å². The Labute approximate surface area is 123 Å². The summed E-state index contributed by atoms with van der Waals surface area (Å²) >= 11 is 1.06. The van der Waals surface area contributed by atoms with Gasteiger partial charge in [-0.25, -0.2) is 0 Å². The quantitative estimate of drug-likeness (QED) is 0.285. The molecule has 2 heterocycles. The number of rotatable bonds is 0. The van der Waals surface area contributed by atoms with Gasteiger partial charge in [-0.05, 0) is 12.1 Å². The Kier molecular flexibility index (Phi) is 10.2. The number of aromatic nitrogens is 2. The summed E-state index contributed by atoms with van der Waals surface area (Å²) in [6, 6.07) is 12.1. The molecule has 0 radical (unpaired) electrons. The molecule has 2 aromatic heterocycles. The summed E-state index contributed by atoms with van der Waals surface area (Å²) in [4.78, 5) is 8.69. The van der Waals surface area contributed by atoms with Crippen LogP contribution in [0.4, 0.5) is 0 Å². The number of pyridine rings is 2. The van der Waals surface area contributed by atoms with Gasteiger partial charge in [0, 0.05) is 23.2 Å². The van der Waals surface area contributed by atoms with Crippen LogP contribution in [0.25, 0.3) is 21.8 Å². The summed E-state index contributed by atoms with van der Waals surface area (Å²) in [5.41, 5.74) is 1.95. The predicted octanol–water partition coefficient (Wildman–Crippen LogP) is 2.70.